The van der Waals surface area contributed by atoms with Gasteiger partial charge in [-0.3, -0.25) is 9.59 Å². The molecule has 0 saturated carbocycles. The Labute approximate surface area is 155 Å². The van der Waals surface area contributed by atoms with Crippen LogP contribution < -0.4 is 5.32 Å². The Kier molecular flexibility index (Phi) is 4.53. The molecular formula is C19H18N4O2S. The second kappa shape index (κ2) is 7.13. The third-order valence-electron chi connectivity index (χ3n) is 4.43. The molecule has 1 aliphatic heterocycles. The van der Waals surface area contributed by atoms with Gasteiger partial charge >= 0.3 is 0 Å². The van der Waals surface area contributed by atoms with E-state index in [-0.39, 0.29) is 11.8 Å². The van der Waals surface area contributed by atoms with Crippen LogP contribution >= 0.6 is 11.3 Å². The highest BCUT2D eigenvalue weighted by molar-refractivity contribution is 7.12. The number of hydrogen-bond donors (Lipinski definition) is 1. The molecular weight excluding hydrogens is 348 g/mol. The number of benzene rings is 1. The molecule has 1 fully saturated rings. The van der Waals surface area contributed by atoms with Crippen LogP contribution in [0.15, 0.2) is 60.2 Å². The van der Waals surface area contributed by atoms with Gasteiger partial charge in [0.1, 0.15) is 6.04 Å². The van der Waals surface area contributed by atoms with Gasteiger partial charge in [-0.1, -0.05) is 12.1 Å². The molecule has 7 heteroatoms. The topological polar surface area (TPSA) is 67.2 Å². The second-order valence-electron chi connectivity index (χ2n) is 6.12. The summed E-state index contributed by atoms with van der Waals surface area (Å²) in [5.74, 6) is -0.215. The fourth-order valence-electron chi connectivity index (χ4n) is 3.20. The molecule has 132 valence electrons. The zero-order valence-electron chi connectivity index (χ0n) is 14.0. The van der Waals surface area contributed by atoms with Crippen molar-refractivity contribution < 1.29 is 9.59 Å². The van der Waals surface area contributed by atoms with Gasteiger partial charge in [-0.15, -0.1) is 11.3 Å². The van der Waals surface area contributed by atoms with Crippen LogP contribution in [0.1, 0.15) is 22.5 Å². The van der Waals surface area contributed by atoms with Crippen LogP contribution in [0.25, 0.3) is 5.69 Å². The fourth-order valence-corrected chi connectivity index (χ4v) is 3.88. The van der Waals surface area contributed by atoms with Crippen LogP contribution in [-0.4, -0.2) is 39.1 Å². The molecule has 1 aliphatic rings. The van der Waals surface area contributed by atoms with Crippen molar-refractivity contribution in [2.45, 2.75) is 18.9 Å². The Morgan fingerprint density at radius 3 is 2.88 bits per heavy atom. The quantitative estimate of drug-likeness (QED) is 0.771. The number of nitrogens with one attached hydrogen (secondary N) is 1. The Balaban J connectivity index is 1.49. The van der Waals surface area contributed by atoms with Gasteiger partial charge in [0.05, 0.1) is 10.6 Å². The summed E-state index contributed by atoms with van der Waals surface area (Å²) in [7, 11) is 0. The first-order valence-corrected chi connectivity index (χ1v) is 9.36. The van der Waals surface area contributed by atoms with Crippen molar-refractivity contribution in [1.29, 1.82) is 0 Å². The number of hydrogen-bond acceptors (Lipinski definition) is 4. The predicted octanol–water partition coefficient (Wildman–Crippen LogP) is 3.18. The number of carbonyl (C=O) groups is 2. The minimum Gasteiger partial charge on any atom is -0.326 e. The lowest BCUT2D eigenvalue weighted by Crippen LogP contribution is -2.42. The maximum Gasteiger partial charge on any atom is 0.264 e. The van der Waals surface area contributed by atoms with E-state index in [9.17, 15) is 9.59 Å². The Bertz CT molecular complexity index is 906. The molecule has 1 saturated heterocycles. The number of carbonyl (C=O) groups excluding carboxylic acids is 2. The Hall–Kier alpha value is -2.93. The van der Waals surface area contributed by atoms with Gasteiger partial charge in [0.15, 0.2) is 0 Å². The van der Waals surface area contributed by atoms with Gasteiger partial charge < -0.3 is 10.2 Å². The minimum absolute atomic E-state index is 0.0667. The average molecular weight is 366 g/mol. The van der Waals surface area contributed by atoms with E-state index in [1.807, 2.05) is 48.0 Å². The molecule has 0 radical (unpaired) electrons. The van der Waals surface area contributed by atoms with Gasteiger partial charge in [-0.05, 0) is 48.6 Å². The molecule has 1 aromatic carbocycles. The van der Waals surface area contributed by atoms with Crippen molar-refractivity contribution in [2.24, 2.45) is 0 Å². The standard InChI is InChI=1S/C19H18N4O2S/c24-18(16-7-2-10-22(16)19(25)17-8-3-12-26-17)21-14-5-1-6-15(13-14)23-11-4-9-20-23/h1,3-6,8-9,11-13,16H,2,7,10H2,(H,21,24)/t16-/m0/s1. The summed E-state index contributed by atoms with van der Waals surface area (Å²) in [4.78, 5) is 27.8. The molecule has 2 aromatic heterocycles. The molecule has 0 aliphatic carbocycles. The number of thiophene rings is 1. The van der Waals surface area contributed by atoms with E-state index in [0.717, 1.165) is 12.1 Å². The van der Waals surface area contributed by atoms with Crippen LogP contribution in [0.3, 0.4) is 0 Å². The Morgan fingerprint density at radius 1 is 1.19 bits per heavy atom. The van der Waals surface area contributed by atoms with Gasteiger partial charge in [0.2, 0.25) is 5.91 Å². The molecule has 1 N–H and O–H groups in total. The summed E-state index contributed by atoms with van der Waals surface area (Å²) in [6.45, 7) is 0.613. The summed E-state index contributed by atoms with van der Waals surface area (Å²) < 4.78 is 1.73. The maximum absolute atomic E-state index is 12.8. The van der Waals surface area contributed by atoms with E-state index in [2.05, 4.69) is 10.4 Å². The predicted molar refractivity (Wildman–Crippen MR) is 101 cm³/mol. The highest BCUT2D eigenvalue weighted by Gasteiger charge is 2.34. The number of likely N-dealkylation sites (tertiary alicyclic amines) is 1. The SMILES string of the molecule is O=C(Nc1cccc(-n2cccn2)c1)[C@@H]1CCCN1C(=O)c1cccs1. The van der Waals surface area contributed by atoms with Crippen LogP contribution in [-0.2, 0) is 4.79 Å². The van der Waals surface area contributed by atoms with Gasteiger partial charge in [0.25, 0.3) is 5.91 Å². The lowest BCUT2D eigenvalue weighted by molar-refractivity contribution is -0.119. The monoisotopic (exact) mass is 366 g/mol. The lowest BCUT2D eigenvalue weighted by atomic mass is 10.2. The first kappa shape index (κ1) is 16.5. The molecule has 2 amide bonds. The number of aromatic nitrogens is 2. The number of anilines is 1. The zero-order valence-corrected chi connectivity index (χ0v) is 14.9. The molecule has 0 bridgehead atoms. The normalized spacial score (nSPS) is 16.6. The largest absolute Gasteiger partial charge is 0.326 e. The summed E-state index contributed by atoms with van der Waals surface area (Å²) in [6, 6.07) is 12.6. The van der Waals surface area contributed by atoms with Crippen LogP contribution in [0.5, 0.6) is 0 Å². The van der Waals surface area contributed by atoms with Crippen molar-refractivity contribution >= 4 is 28.8 Å². The van der Waals surface area contributed by atoms with Gasteiger partial charge in [-0.2, -0.15) is 5.10 Å². The highest BCUT2D eigenvalue weighted by atomic mass is 32.1. The van der Waals surface area contributed by atoms with Crippen molar-refractivity contribution in [3.05, 3.63) is 65.1 Å². The van der Waals surface area contributed by atoms with Crippen molar-refractivity contribution in [3.63, 3.8) is 0 Å². The van der Waals surface area contributed by atoms with Crippen LogP contribution in [0.4, 0.5) is 5.69 Å². The first-order chi connectivity index (χ1) is 12.7. The summed E-state index contributed by atoms with van der Waals surface area (Å²) in [5.41, 5.74) is 1.56. The smallest absolute Gasteiger partial charge is 0.264 e. The van der Waals surface area contributed by atoms with Gasteiger partial charge in [0, 0.05) is 24.6 Å². The molecule has 0 unspecified atom stereocenters. The summed E-state index contributed by atoms with van der Waals surface area (Å²) in [5, 5.41) is 9.02. The van der Waals surface area contributed by atoms with E-state index in [0.29, 0.717) is 23.5 Å². The van der Waals surface area contributed by atoms with E-state index >= 15 is 0 Å². The van der Waals surface area contributed by atoms with Crippen LogP contribution in [0, 0.1) is 0 Å². The van der Waals surface area contributed by atoms with Crippen molar-refractivity contribution in [3.8, 4) is 5.69 Å². The first-order valence-electron chi connectivity index (χ1n) is 8.48. The van der Waals surface area contributed by atoms with Crippen LogP contribution in [0.2, 0.25) is 0 Å². The highest BCUT2D eigenvalue weighted by Crippen LogP contribution is 2.24. The van der Waals surface area contributed by atoms with E-state index in [1.165, 1.54) is 11.3 Å². The molecule has 3 heterocycles. The van der Waals surface area contributed by atoms with E-state index in [1.54, 1.807) is 21.8 Å². The number of amides is 2. The van der Waals surface area contributed by atoms with E-state index in [4.69, 9.17) is 0 Å². The number of rotatable bonds is 4. The molecule has 6 nitrogen and oxygen atoms in total. The zero-order chi connectivity index (χ0) is 17.9. The van der Waals surface area contributed by atoms with Gasteiger partial charge in [-0.25, -0.2) is 4.68 Å². The Morgan fingerprint density at radius 2 is 2.12 bits per heavy atom. The lowest BCUT2D eigenvalue weighted by Gasteiger charge is -2.23. The van der Waals surface area contributed by atoms with Crippen molar-refractivity contribution in [1.82, 2.24) is 14.7 Å². The summed E-state index contributed by atoms with van der Waals surface area (Å²) >= 11 is 1.40. The third-order valence-corrected chi connectivity index (χ3v) is 5.29. The number of nitrogens with zero attached hydrogens (tertiary/aromatic N) is 3. The maximum atomic E-state index is 12.8. The fraction of sp³-hybridized carbons (Fsp3) is 0.211. The van der Waals surface area contributed by atoms with E-state index < -0.39 is 6.04 Å². The summed E-state index contributed by atoms with van der Waals surface area (Å²) in [6.07, 6.45) is 5.07. The molecule has 1 atom stereocenters. The molecule has 0 spiro atoms. The second-order valence-corrected chi connectivity index (χ2v) is 7.07. The average Bonchev–Trinajstić information content (AvgIpc) is 3.44. The minimum atomic E-state index is -0.432. The molecule has 4 rings (SSSR count). The molecule has 26 heavy (non-hydrogen) atoms. The van der Waals surface area contributed by atoms with Crippen molar-refractivity contribution in [2.75, 3.05) is 11.9 Å². The third kappa shape index (κ3) is 3.25. The molecule has 3 aromatic rings.